The van der Waals surface area contributed by atoms with Gasteiger partial charge in [-0.3, -0.25) is 5.10 Å². The third-order valence-electron chi connectivity index (χ3n) is 3.80. The van der Waals surface area contributed by atoms with Crippen LogP contribution in [0.1, 0.15) is 21.6 Å². The van der Waals surface area contributed by atoms with Crippen molar-refractivity contribution in [1.82, 2.24) is 10.2 Å². The summed E-state index contributed by atoms with van der Waals surface area (Å²) >= 11 is 0. The van der Waals surface area contributed by atoms with Gasteiger partial charge in [0.1, 0.15) is 11.4 Å². The highest BCUT2D eigenvalue weighted by atomic mass is 16.7. The maximum Gasteiger partial charge on any atom is 0.354 e. The van der Waals surface area contributed by atoms with Crippen molar-refractivity contribution < 1.29 is 24.1 Å². The number of carboxylic acids is 1. The molecule has 3 rings (SSSR count). The van der Waals surface area contributed by atoms with Gasteiger partial charge in [-0.25, -0.2) is 4.79 Å². The maximum atomic E-state index is 11.2. The number of nitrogens with zero attached hydrogens (tertiary/aromatic N) is 1. The van der Waals surface area contributed by atoms with Crippen LogP contribution in [0.4, 0.5) is 0 Å². The number of aromatic nitrogens is 2. The van der Waals surface area contributed by atoms with Crippen LogP contribution in [-0.4, -0.2) is 48.4 Å². The number of benzene rings is 1. The molecular formula is C16H18N2O5. The highest BCUT2D eigenvalue weighted by Crippen LogP contribution is 2.35. The topological polar surface area (TPSA) is 93.7 Å². The second-order valence-electron chi connectivity index (χ2n) is 5.21. The number of carboxylic acid groups (broad SMARTS) is 1. The first-order valence-corrected chi connectivity index (χ1v) is 7.34. The highest BCUT2D eigenvalue weighted by molar-refractivity contribution is 5.90. The van der Waals surface area contributed by atoms with Gasteiger partial charge in [-0.1, -0.05) is 0 Å². The summed E-state index contributed by atoms with van der Waals surface area (Å²) in [5.74, 6) is -0.256. The summed E-state index contributed by atoms with van der Waals surface area (Å²) in [5, 5.41) is 15.9. The van der Waals surface area contributed by atoms with Crippen LogP contribution in [0.25, 0.3) is 11.3 Å². The van der Waals surface area contributed by atoms with Crippen LogP contribution in [0.3, 0.4) is 0 Å². The molecule has 7 heteroatoms. The lowest BCUT2D eigenvalue weighted by Gasteiger charge is -2.17. The van der Waals surface area contributed by atoms with Gasteiger partial charge in [-0.15, -0.1) is 0 Å². The number of fused-ring (bicyclic) bond motifs is 3. The zero-order valence-corrected chi connectivity index (χ0v) is 12.8. The molecule has 1 aliphatic carbocycles. The zero-order valence-electron chi connectivity index (χ0n) is 12.8. The second kappa shape index (κ2) is 6.80. The average molecular weight is 318 g/mol. The molecule has 0 bridgehead atoms. The minimum Gasteiger partial charge on any atom is -0.477 e. The minimum atomic E-state index is -0.977. The highest BCUT2D eigenvalue weighted by Gasteiger charge is 2.25. The largest absolute Gasteiger partial charge is 0.477 e. The van der Waals surface area contributed by atoms with Gasteiger partial charge < -0.3 is 19.3 Å². The molecule has 7 nitrogen and oxygen atoms in total. The van der Waals surface area contributed by atoms with Gasteiger partial charge in [-0.05, 0) is 36.6 Å². The van der Waals surface area contributed by atoms with Gasteiger partial charge in [-0.2, -0.15) is 5.10 Å². The summed E-state index contributed by atoms with van der Waals surface area (Å²) in [5.41, 5.74) is 3.70. The second-order valence-corrected chi connectivity index (χ2v) is 5.21. The van der Waals surface area contributed by atoms with Crippen molar-refractivity contribution in [3.05, 3.63) is 35.0 Å². The third kappa shape index (κ3) is 3.20. The maximum absolute atomic E-state index is 11.2. The Morgan fingerprint density at radius 1 is 1.35 bits per heavy atom. The van der Waals surface area contributed by atoms with Crippen molar-refractivity contribution in [3.63, 3.8) is 0 Å². The molecule has 2 aromatic rings. The van der Waals surface area contributed by atoms with E-state index in [0.29, 0.717) is 25.3 Å². The lowest BCUT2D eigenvalue weighted by Crippen LogP contribution is -2.09. The Hall–Kier alpha value is -2.38. The fourth-order valence-electron chi connectivity index (χ4n) is 2.68. The summed E-state index contributed by atoms with van der Waals surface area (Å²) in [6.07, 6.45) is 1.40. The SMILES string of the molecule is COCCOCOc1ccc2c(c1)CCc1c-2n[nH]c1C(=O)O. The molecule has 0 saturated heterocycles. The number of aromatic amines is 1. The van der Waals surface area contributed by atoms with Crippen LogP contribution in [0.2, 0.25) is 0 Å². The summed E-state index contributed by atoms with van der Waals surface area (Å²) in [6, 6.07) is 5.69. The monoisotopic (exact) mass is 318 g/mol. The molecular weight excluding hydrogens is 300 g/mol. The molecule has 2 N–H and O–H groups in total. The Bertz CT molecular complexity index is 710. The molecule has 1 aromatic carbocycles. The van der Waals surface area contributed by atoms with E-state index >= 15 is 0 Å². The fourth-order valence-corrected chi connectivity index (χ4v) is 2.68. The molecule has 0 spiro atoms. The molecule has 0 atom stereocenters. The molecule has 23 heavy (non-hydrogen) atoms. The zero-order chi connectivity index (χ0) is 16.2. The lowest BCUT2D eigenvalue weighted by molar-refractivity contribution is -0.00849. The number of methoxy groups -OCH3 is 1. The summed E-state index contributed by atoms with van der Waals surface area (Å²) in [6.45, 7) is 1.18. The molecule has 122 valence electrons. The molecule has 0 fully saturated rings. The van der Waals surface area contributed by atoms with Gasteiger partial charge in [0.25, 0.3) is 0 Å². The van der Waals surface area contributed by atoms with Crippen LogP contribution < -0.4 is 4.74 Å². The molecule has 0 unspecified atom stereocenters. The molecule has 0 aliphatic heterocycles. The Labute approximate surface area is 133 Å². The predicted octanol–water partition coefficient (Wildman–Crippen LogP) is 1.87. The normalized spacial score (nSPS) is 12.6. The van der Waals surface area contributed by atoms with E-state index in [-0.39, 0.29) is 12.5 Å². The smallest absolute Gasteiger partial charge is 0.354 e. The van der Waals surface area contributed by atoms with E-state index in [2.05, 4.69) is 10.2 Å². The summed E-state index contributed by atoms with van der Waals surface area (Å²) < 4.78 is 15.7. The van der Waals surface area contributed by atoms with Crippen LogP contribution in [-0.2, 0) is 22.3 Å². The Kier molecular flexibility index (Phi) is 4.59. The number of aryl methyl sites for hydroxylation is 1. The van der Waals surface area contributed by atoms with Crippen LogP contribution in [0.5, 0.6) is 5.75 Å². The van der Waals surface area contributed by atoms with Gasteiger partial charge in [0, 0.05) is 18.2 Å². The van der Waals surface area contributed by atoms with E-state index in [0.717, 1.165) is 28.9 Å². The Morgan fingerprint density at radius 3 is 3.00 bits per heavy atom. The molecule has 1 aromatic heterocycles. The molecule has 1 heterocycles. The molecule has 0 radical (unpaired) electrons. The number of H-pyrrole nitrogens is 1. The van der Waals surface area contributed by atoms with Crippen molar-refractivity contribution >= 4 is 5.97 Å². The lowest BCUT2D eigenvalue weighted by atomic mass is 9.89. The van der Waals surface area contributed by atoms with E-state index in [1.165, 1.54) is 0 Å². The Balaban J connectivity index is 1.73. The van der Waals surface area contributed by atoms with E-state index in [1.54, 1.807) is 7.11 Å². The summed E-state index contributed by atoms with van der Waals surface area (Å²) in [4.78, 5) is 11.2. The van der Waals surface area contributed by atoms with Crippen LogP contribution in [0.15, 0.2) is 18.2 Å². The van der Waals surface area contributed by atoms with Gasteiger partial charge in [0.15, 0.2) is 6.79 Å². The first-order valence-electron chi connectivity index (χ1n) is 7.34. The van der Waals surface area contributed by atoms with E-state index < -0.39 is 5.97 Å². The summed E-state index contributed by atoms with van der Waals surface area (Å²) in [7, 11) is 1.62. The molecule has 0 amide bonds. The first-order chi connectivity index (χ1) is 11.2. The quantitative estimate of drug-likeness (QED) is 0.598. The van der Waals surface area contributed by atoms with Gasteiger partial charge in [0.2, 0.25) is 0 Å². The minimum absolute atomic E-state index is 0.166. The number of hydrogen-bond donors (Lipinski definition) is 2. The van der Waals surface area contributed by atoms with Crippen molar-refractivity contribution in [1.29, 1.82) is 0 Å². The third-order valence-corrected chi connectivity index (χ3v) is 3.80. The van der Waals surface area contributed by atoms with Crippen LogP contribution >= 0.6 is 0 Å². The van der Waals surface area contributed by atoms with Crippen molar-refractivity contribution in [3.8, 4) is 17.0 Å². The number of aromatic carboxylic acids is 1. The van der Waals surface area contributed by atoms with Gasteiger partial charge in [0.05, 0.1) is 18.9 Å². The number of nitrogens with one attached hydrogen (secondary N) is 1. The van der Waals surface area contributed by atoms with Crippen molar-refractivity contribution in [2.45, 2.75) is 12.8 Å². The number of hydrogen-bond acceptors (Lipinski definition) is 5. The molecule has 0 saturated carbocycles. The van der Waals surface area contributed by atoms with E-state index in [9.17, 15) is 4.79 Å². The predicted molar refractivity (Wildman–Crippen MR) is 81.7 cm³/mol. The number of carbonyl (C=O) groups is 1. The first kappa shape index (κ1) is 15.5. The standard InChI is InChI=1S/C16H18N2O5/c1-21-6-7-22-9-23-11-3-5-12-10(8-11)2-4-13-14(12)17-18-15(13)16(19)20/h3,5,8H,2,4,6-7,9H2,1H3,(H,17,18)(H,19,20). The molecule has 1 aliphatic rings. The van der Waals surface area contributed by atoms with Crippen molar-refractivity contribution in [2.24, 2.45) is 0 Å². The fraction of sp³-hybridized carbons (Fsp3) is 0.375. The average Bonchev–Trinajstić information content (AvgIpc) is 2.99. The van der Waals surface area contributed by atoms with Crippen molar-refractivity contribution in [2.75, 3.05) is 27.1 Å². The van der Waals surface area contributed by atoms with Crippen LogP contribution in [0, 0.1) is 0 Å². The number of ether oxygens (including phenoxy) is 3. The Morgan fingerprint density at radius 2 is 2.22 bits per heavy atom. The van der Waals surface area contributed by atoms with E-state index in [1.807, 2.05) is 18.2 Å². The van der Waals surface area contributed by atoms with Gasteiger partial charge >= 0.3 is 5.97 Å². The van der Waals surface area contributed by atoms with E-state index in [4.69, 9.17) is 19.3 Å². The number of rotatable bonds is 7.